The number of aromatic nitrogens is 6. The molecule has 0 fully saturated rings. The lowest BCUT2D eigenvalue weighted by Gasteiger charge is -2.10. The third-order valence-corrected chi connectivity index (χ3v) is 13.1. The lowest BCUT2D eigenvalue weighted by molar-refractivity contribution is 1.09. The zero-order valence-corrected chi connectivity index (χ0v) is 34.0. The highest BCUT2D eigenvalue weighted by Crippen LogP contribution is 2.41. The minimum absolute atomic E-state index is 0.891. The van der Waals surface area contributed by atoms with E-state index in [1.54, 1.807) is 0 Å². The first-order valence-corrected chi connectivity index (χ1v) is 21.5. The normalized spacial score (nSPS) is 12.1. The predicted molar refractivity (Wildman–Crippen MR) is 260 cm³/mol. The van der Waals surface area contributed by atoms with Gasteiger partial charge in [-0.05, 0) is 114 Å². The van der Waals surface area contributed by atoms with Gasteiger partial charge < -0.3 is 9.13 Å². The molecular weight excluding hydrogens is 769 g/mol. The van der Waals surface area contributed by atoms with Crippen LogP contribution in [0.15, 0.2) is 218 Å². The topological polar surface area (TPSA) is 37.0 Å². The second-order valence-electron chi connectivity index (χ2n) is 16.5. The summed E-state index contributed by atoms with van der Waals surface area (Å²) in [7, 11) is 0. The van der Waals surface area contributed by atoms with Gasteiger partial charge in [0.15, 0.2) is 5.65 Å². The molecule has 5 heterocycles. The first-order chi connectivity index (χ1) is 31.3. The lowest BCUT2D eigenvalue weighted by Crippen LogP contribution is -1.97. The zero-order valence-electron chi connectivity index (χ0n) is 34.0. The second kappa shape index (κ2) is 12.9. The van der Waals surface area contributed by atoms with Gasteiger partial charge >= 0.3 is 0 Å². The van der Waals surface area contributed by atoms with E-state index in [0.717, 1.165) is 72.7 Å². The van der Waals surface area contributed by atoms with Gasteiger partial charge in [0.1, 0.15) is 5.52 Å². The number of fused-ring (bicyclic) bond motifs is 13. The highest BCUT2D eigenvalue weighted by Gasteiger charge is 2.24. The summed E-state index contributed by atoms with van der Waals surface area (Å²) >= 11 is 0. The third kappa shape index (κ3) is 4.80. The summed E-state index contributed by atoms with van der Waals surface area (Å²) in [6, 6.07) is 78.9. The molecule has 6 heteroatoms. The minimum Gasteiger partial charge on any atom is -0.309 e. The Balaban J connectivity index is 1.02. The van der Waals surface area contributed by atoms with Gasteiger partial charge in [-0.1, -0.05) is 115 Å². The van der Waals surface area contributed by atoms with E-state index in [9.17, 15) is 0 Å². The average molecular weight is 805 g/mol. The molecule has 0 unspecified atom stereocenters. The molecule has 0 aliphatic heterocycles. The van der Waals surface area contributed by atoms with Crippen LogP contribution in [0.2, 0.25) is 0 Å². The minimum atomic E-state index is 0.891. The molecule has 14 aromatic rings. The van der Waals surface area contributed by atoms with Crippen LogP contribution in [0.3, 0.4) is 0 Å². The van der Waals surface area contributed by atoms with Crippen molar-refractivity contribution in [1.29, 1.82) is 0 Å². The summed E-state index contributed by atoms with van der Waals surface area (Å²) < 4.78 is 11.8. The maximum Gasteiger partial charge on any atom is 0.222 e. The molecule has 0 aliphatic rings. The van der Waals surface area contributed by atoms with Crippen LogP contribution < -0.4 is 0 Å². The number of para-hydroxylation sites is 7. The predicted octanol–water partition coefficient (Wildman–Crippen LogP) is 14.2. The Morgan fingerprint density at radius 3 is 1.30 bits per heavy atom. The molecule has 0 atom stereocenters. The number of imidazole rings is 2. The lowest BCUT2D eigenvalue weighted by atomic mass is 10.0. The third-order valence-electron chi connectivity index (χ3n) is 13.1. The van der Waals surface area contributed by atoms with Crippen molar-refractivity contribution in [3.05, 3.63) is 218 Å². The average Bonchev–Trinajstić information content (AvgIpc) is 4.13. The molecule has 0 radical (unpaired) electrons. The molecule has 9 aromatic carbocycles. The van der Waals surface area contributed by atoms with E-state index in [1.165, 1.54) is 43.7 Å². The molecule has 63 heavy (non-hydrogen) atoms. The van der Waals surface area contributed by atoms with Gasteiger partial charge in [-0.25, -0.2) is 0 Å². The number of benzene rings is 9. The Morgan fingerprint density at radius 2 is 0.698 bits per heavy atom. The molecule has 0 bridgehead atoms. The molecule has 6 nitrogen and oxygen atoms in total. The fraction of sp³-hybridized carbons (Fsp3) is 0. The van der Waals surface area contributed by atoms with Crippen molar-refractivity contribution in [3.63, 3.8) is 0 Å². The quantitative estimate of drug-likeness (QED) is 0.171. The van der Waals surface area contributed by atoms with Gasteiger partial charge in [0, 0.05) is 49.7 Å². The van der Waals surface area contributed by atoms with Crippen LogP contribution in [0.1, 0.15) is 0 Å². The maximum atomic E-state index is 5.54. The standard InChI is InChI=1S/C57H36N6/c1-4-16-39(17-5-1)59-48-24-12-10-22-43(48)45-34-37(28-31-50(45)59)38-29-32-51-46(35-38)47-36-42(30-33-52(47)60(51)40-18-6-2-7-19-40)61-49-25-13-11-23-44(49)55-56(61)58-57-62(41-20-8-3-9-21-41)53-26-14-15-27-54(53)63(55)57/h1-36H. The van der Waals surface area contributed by atoms with E-state index < -0.39 is 0 Å². The van der Waals surface area contributed by atoms with Crippen LogP contribution in [-0.4, -0.2) is 27.7 Å². The molecule has 0 spiro atoms. The zero-order chi connectivity index (χ0) is 41.2. The Morgan fingerprint density at radius 1 is 0.270 bits per heavy atom. The van der Waals surface area contributed by atoms with E-state index in [0.29, 0.717) is 0 Å². The summed E-state index contributed by atoms with van der Waals surface area (Å²) in [5.41, 5.74) is 16.9. The maximum absolute atomic E-state index is 5.54. The van der Waals surface area contributed by atoms with Gasteiger partial charge in [0.25, 0.3) is 0 Å². The number of nitrogens with zero attached hydrogens (tertiary/aromatic N) is 6. The molecule has 294 valence electrons. The SMILES string of the molecule is c1ccc(-n2c3ccccc3c3cc(-c4ccc5c(c4)c4cc(-n6c7ccccc7c7c6nc6n(-c8ccccc8)c8ccccc8n76)ccc4n5-c4ccccc4)ccc32)cc1. The van der Waals surface area contributed by atoms with Gasteiger partial charge in [0.05, 0.1) is 38.6 Å². The molecule has 0 saturated heterocycles. The van der Waals surface area contributed by atoms with Crippen molar-refractivity contribution < 1.29 is 0 Å². The first kappa shape index (κ1) is 34.1. The van der Waals surface area contributed by atoms with Crippen molar-refractivity contribution >= 4 is 82.5 Å². The Hall–Kier alpha value is -8.61. The Labute approximate surface area is 361 Å². The van der Waals surface area contributed by atoms with Crippen LogP contribution in [0.25, 0.3) is 116 Å². The van der Waals surface area contributed by atoms with E-state index in [2.05, 4.69) is 241 Å². The smallest absolute Gasteiger partial charge is 0.222 e. The molecule has 14 rings (SSSR count). The van der Waals surface area contributed by atoms with Crippen LogP contribution in [0.4, 0.5) is 0 Å². The molecular formula is C57H36N6. The number of hydrogen-bond acceptors (Lipinski definition) is 1. The Kier molecular flexibility index (Phi) is 7.02. The van der Waals surface area contributed by atoms with Gasteiger partial charge in [-0.15, -0.1) is 0 Å². The largest absolute Gasteiger partial charge is 0.309 e. The Bertz CT molecular complexity index is 4120. The van der Waals surface area contributed by atoms with Crippen molar-refractivity contribution in [2.45, 2.75) is 0 Å². The molecule has 0 amide bonds. The molecule has 0 N–H and O–H groups in total. The summed E-state index contributed by atoms with van der Waals surface area (Å²) in [5, 5.41) is 6.03. The van der Waals surface area contributed by atoms with Crippen LogP contribution in [0.5, 0.6) is 0 Å². The summed E-state index contributed by atoms with van der Waals surface area (Å²) in [6.45, 7) is 0. The number of rotatable bonds is 5. The fourth-order valence-corrected chi connectivity index (χ4v) is 10.4. The highest BCUT2D eigenvalue weighted by atomic mass is 15.2. The fourth-order valence-electron chi connectivity index (χ4n) is 10.4. The van der Waals surface area contributed by atoms with Crippen LogP contribution >= 0.6 is 0 Å². The molecule has 0 saturated carbocycles. The summed E-state index contributed by atoms with van der Waals surface area (Å²) in [4.78, 5) is 5.54. The van der Waals surface area contributed by atoms with Crippen molar-refractivity contribution in [1.82, 2.24) is 27.7 Å². The van der Waals surface area contributed by atoms with Crippen molar-refractivity contribution in [2.24, 2.45) is 0 Å². The van der Waals surface area contributed by atoms with Gasteiger partial charge in [-0.3, -0.25) is 13.5 Å². The van der Waals surface area contributed by atoms with Crippen molar-refractivity contribution in [2.75, 3.05) is 0 Å². The van der Waals surface area contributed by atoms with E-state index in [4.69, 9.17) is 4.98 Å². The van der Waals surface area contributed by atoms with E-state index in [1.807, 2.05) is 0 Å². The van der Waals surface area contributed by atoms with Crippen LogP contribution in [0, 0.1) is 0 Å². The summed E-state index contributed by atoms with van der Waals surface area (Å²) in [5.74, 6) is 0.891. The second-order valence-corrected chi connectivity index (χ2v) is 16.5. The monoisotopic (exact) mass is 804 g/mol. The summed E-state index contributed by atoms with van der Waals surface area (Å²) in [6.07, 6.45) is 0. The number of hydrogen-bond donors (Lipinski definition) is 0. The van der Waals surface area contributed by atoms with Crippen molar-refractivity contribution in [3.8, 4) is 33.9 Å². The first-order valence-electron chi connectivity index (χ1n) is 21.5. The molecule has 5 aromatic heterocycles. The molecule has 0 aliphatic carbocycles. The van der Waals surface area contributed by atoms with Gasteiger partial charge in [0.2, 0.25) is 5.78 Å². The van der Waals surface area contributed by atoms with Gasteiger partial charge in [-0.2, -0.15) is 4.98 Å². The van der Waals surface area contributed by atoms with E-state index >= 15 is 0 Å². The van der Waals surface area contributed by atoms with Crippen LogP contribution in [-0.2, 0) is 0 Å². The van der Waals surface area contributed by atoms with E-state index in [-0.39, 0.29) is 0 Å². The highest BCUT2D eigenvalue weighted by molar-refractivity contribution is 6.14.